The van der Waals surface area contributed by atoms with Crippen LogP contribution in [-0.4, -0.2) is 31.7 Å². The van der Waals surface area contributed by atoms with E-state index in [0.29, 0.717) is 22.3 Å². The molecule has 6 nitrogen and oxygen atoms in total. The lowest BCUT2D eigenvalue weighted by Gasteiger charge is -2.28. The molecule has 0 bridgehead atoms. The number of carbonyl (C=O) groups is 2. The highest BCUT2D eigenvalue weighted by Crippen LogP contribution is 2.26. The molecular weight excluding hydrogens is 330 g/mol. The molecule has 1 amide bonds. The number of esters is 1. The number of methoxy groups -OCH3 is 1. The number of ether oxygens (including phenoxy) is 1. The molecule has 2 aromatic carbocycles. The zero-order chi connectivity index (χ0) is 17.3. The first-order valence-electron chi connectivity index (χ1n) is 7.22. The SMILES string of the molecule is COC(=O)c1ccc(CN2C(=O)c3ccccc3CS2(=O)=O)cc1. The van der Waals surface area contributed by atoms with Gasteiger partial charge in [0.2, 0.25) is 10.0 Å². The van der Waals surface area contributed by atoms with Gasteiger partial charge in [-0.15, -0.1) is 0 Å². The molecule has 0 saturated carbocycles. The van der Waals surface area contributed by atoms with E-state index in [2.05, 4.69) is 4.74 Å². The minimum Gasteiger partial charge on any atom is -0.465 e. The van der Waals surface area contributed by atoms with E-state index in [4.69, 9.17) is 0 Å². The summed E-state index contributed by atoms with van der Waals surface area (Å²) in [5.74, 6) is -1.21. The van der Waals surface area contributed by atoms with Crippen molar-refractivity contribution in [1.82, 2.24) is 4.31 Å². The summed E-state index contributed by atoms with van der Waals surface area (Å²) in [5.41, 5.74) is 1.89. The van der Waals surface area contributed by atoms with Crippen molar-refractivity contribution in [3.05, 3.63) is 70.8 Å². The Kier molecular flexibility index (Phi) is 4.11. The molecule has 0 unspecified atom stereocenters. The van der Waals surface area contributed by atoms with Crippen LogP contribution in [0.2, 0.25) is 0 Å². The van der Waals surface area contributed by atoms with Crippen LogP contribution in [0, 0.1) is 0 Å². The second kappa shape index (κ2) is 6.09. The minimum absolute atomic E-state index is 0.0725. The third-order valence-corrected chi connectivity index (χ3v) is 5.49. The van der Waals surface area contributed by atoms with E-state index >= 15 is 0 Å². The van der Waals surface area contributed by atoms with Crippen LogP contribution in [0.25, 0.3) is 0 Å². The first-order chi connectivity index (χ1) is 11.4. The zero-order valence-electron chi connectivity index (χ0n) is 12.9. The van der Waals surface area contributed by atoms with Gasteiger partial charge in [0.15, 0.2) is 0 Å². The summed E-state index contributed by atoms with van der Waals surface area (Å²) in [6, 6.07) is 13.0. The van der Waals surface area contributed by atoms with Crippen LogP contribution in [0.4, 0.5) is 0 Å². The number of hydrogen-bond acceptors (Lipinski definition) is 5. The molecule has 0 atom stereocenters. The Morgan fingerprint density at radius 2 is 1.79 bits per heavy atom. The van der Waals surface area contributed by atoms with E-state index in [-0.39, 0.29) is 12.3 Å². The highest BCUT2D eigenvalue weighted by Gasteiger charge is 2.35. The van der Waals surface area contributed by atoms with Gasteiger partial charge in [0.1, 0.15) is 0 Å². The zero-order valence-corrected chi connectivity index (χ0v) is 13.7. The van der Waals surface area contributed by atoms with Crippen LogP contribution in [0.1, 0.15) is 31.8 Å². The lowest BCUT2D eigenvalue weighted by atomic mass is 10.1. The van der Waals surface area contributed by atoms with E-state index in [9.17, 15) is 18.0 Å². The second-order valence-electron chi connectivity index (χ2n) is 5.41. The van der Waals surface area contributed by atoms with Gasteiger partial charge in [0.25, 0.3) is 5.91 Å². The Morgan fingerprint density at radius 3 is 2.46 bits per heavy atom. The second-order valence-corrected chi connectivity index (χ2v) is 7.31. The van der Waals surface area contributed by atoms with Crippen LogP contribution in [0.5, 0.6) is 0 Å². The topological polar surface area (TPSA) is 80.8 Å². The predicted molar refractivity (Wildman–Crippen MR) is 86.7 cm³/mol. The Hall–Kier alpha value is -2.67. The van der Waals surface area contributed by atoms with Gasteiger partial charge in [-0.25, -0.2) is 17.5 Å². The molecule has 1 aliphatic rings. The van der Waals surface area contributed by atoms with E-state index in [1.807, 2.05) is 0 Å². The fourth-order valence-corrected chi connectivity index (χ4v) is 4.09. The molecule has 1 aliphatic heterocycles. The van der Waals surface area contributed by atoms with Crippen LogP contribution in [-0.2, 0) is 27.1 Å². The van der Waals surface area contributed by atoms with Crippen molar-refractivity contribution in [3.63, 3.8) is 0 Å². The van der Waals surface area contributed by atoms with Gasteiger partial charge in [0, 0.05) is 5.56 Å². The highest BCUT2D eigenvalue weighted by atomic mass is 32.2. The number of fused-ring (bicyclic) bond motifs is 1. The largest absolute Gasteiger partial charge is 0.465 e. The quantitative estimate of drug-likeness (QED) is 0.795. The predicted octanol–water partition coefficient (Wildman–Crippen LogP) is 1.96. The number of nitrogens with zero attached hydrogens (tertiary/aromatic N) is 1. The third kappa shape index (κ3) is 2.90. The molecule has 0 aliphatic carbocycles. The van der Waals surface area contributed by atoms with Crippen LogP contribution in [0.3, 0.4) is 0 Å². The van der Waals surface area contributed by atoms with Crippen molar-refractivity contribution in [2.24, 2.45) is 0 Å². The maximum atomic E-state index is 12.5. The lowest BCUT2D eigenvalue weighted by Crippen LogP contribution is -2.41. The smallest absolute Gasteiger partial charge is 0.337 e. The van der Waals surface area contributed by atoms with Gasteiger partial charge >= 0.3 is 5.97 Å². The molecule has 0 spiro atoms. The van der Waals surface area contributed by atoms with Crippen molar-refractivity contribution in [2.45, 2.75) is 12.3 Å². The Bertz CT molecular complexity index is 903. The average Bonchev–Trinajstić information content (AvgIpc) is 2.58. The van der Waals surface area contributed by atoms with Gasteiger partial charge in [-0.3, -0.25) is 4.79 Å². The Labute approximate surface area is 139 Å². The minimum atomic E-state index is -3.72. The first-order valence-corrected chi connectivity index (χ1v) is 8.83. The highest BCUT2D eigenvalue weighted by molar-refractivity contribution is 7.89. The first kappa shape index (κ1) is 16.2. The summed E-state index contributed by atoms with van der Waals surface area (Å²) < 4.78 is 30.3. The summed E-state index contributed by atoms with van der Waals surface area (Å²) in [7, 11) is -2.44. The van der Waals surface area contributed by atoms with Crippen molar-refractivity contribution in [1.29, 1.82) is 0 Å². The van der Waals surface area contributed by atoms with E-state index in [1.54, 1.807) is 36.4 Å². The molecule has 7 heteroatoms. The molecule has 0 radical (unpaired) electrons. The summed E-state index contributed by atoms with van der Waals surface area (Å²) in [6.07, 6.45) is 0. The van der Waals surface area contributed by atoms with Gasteiger partial charge < -0.3 is 4.74 Å². The molecule has 2 aromatic rings. The molecular formula is C17H15NO5S. The summed E-state index contributed by atoms with van der Waals surface area (Å²) >= 11 is 0. The molecule has 0 N–H and O–H groups in total. The number of amides is 1. The maximum absolute atomic E-state index is 12.5. The number of sulfonamides is 1. The molecule has 24 heavy (non-hydrogen) atoms. The normalized spacial score (nSPS) is 15.7. The number of rotatable bonds is 3. The summed E-state index contributed by atoms with van der Waals surface area (Å²) in [6.45, 7) is -0.0725. The monoisotopic (exact) mass is 345 g/mol. The molecule has 3 rings (SSSR count). The third-order valence-electron chi connectivity index (χ3n) is 3.85. The van der Waals surface area contributed by atoms with Crippen LogP contribution >= 0.6 is 0 Å². The van der Waals surface area contributed by atoms with E-state index in [0.717, 1.165) is 4.31 Å². The molecule has 1 heterocycles. The van der Waals surface area contributed by atoms with Gasteiger partial charge in [-0.1, -0.05) is 30.3 Å². The van der Waals surface area contributed by atoms with E-state index in [1.165, 1.54) is 19.2 Å². The molecule has 0 fully saturated rings. The summed E-state index contributed by atoms with van der Waals surface area (Å²) in [4.78, 5) is 24.0. The van der Waals surface area contributed by atoms with E-state index < -0.39 is 21.9 Å². The number of carbonyl (C=O) groups excluding carboxylic acids is 2. The summed E-state index contributed by atoms with van der Waals surface area (Å²) in [5, 5.41) is 0. The standard InChI is InChI=1S/C17H15NO5S/c1-23-17(20)13-8-6-12(7-9-13)10-18-16(19)15-5-3-2-4-14(15)11-24(18,21)22/h2-9H,10-11H2,1H3. The van der Waals surface area contributed by atoms with Crippen LogP contribution < -0.4 is 0 Å². The van der Waals surface area contributed by atoms with Crippen molar-refractivity contribution in [2.75, 3.05) is 7.11 Å². The van der Waals surface area contributed by atoms with Crippen LogP contribution in [0.15, 0.2) is 48.5 Å². The van der Waals surface area contributed by atoms with Gasteiger partial charge in [-0.05, 0) is 29.3 Å². The molecule has 0 aromatic heterocycles. The number of hydrogen-bond donors (Lipinski definition) is 0. The van der Waals surface area contributed by atoms with Gasteiger partial charge in [-0.2, -0.15) is 0 Å². The van der Waals surface area contributed by atoms with Crippen molar-refractivity contribution in [3.8, 4) is 0 Å². The molecule has 0 saturated heterocycles. The fourth-order valence-electron chi connectivity index (χ4n) is 2.59. The molecule has 124 valence electrons. The lowest BCUT2D eigenvalue weighted by molar-refractivity contribution is 0.0600. The Balaban J connectivity index is 1.89. The fraction of sp³-hybridized carbons (Fsp3) is 0.176. The van der Waals surface area contributed by atoms with Crippen molar-refractivity contribution >= 4 is 21.9 Å². The average molecular weight is 345 g/mol. The van der Waals surface area contributed by atoms with Crippen molar-refractivity contribution < 1.29 is 22.7 Å². The van der Waals surface area contributed by atoms with Gasteiger partial charge in [0.05, 0.1) is 25.0 Å². The number of benzene rings is 2. The Morgan fingerprint density at radius 1 is 1.12 bits per heavy atom. The maximum Gasteiger partial charge on any atom is 0.337 e.